The summed E-state index contributed by atoms with van der Waals surface area (Å²) in [5.74, 6) is -1.90. The molecule has 0 aliphatic carbocycles. The van der Waals surface area contributed by atoms with E-state index in [4.69, 9.17) is 9.47 Å². The lowest BCUT2D eigenvalue weighted by atomic mass is 9.94. The van der Waals surface area contributed by atoms with Crippen LogP contribution in [-0.2, 0) is 9.59 Å². The Kier molecular flexibility index (Phi) is 5.64. The molecule has 1 fully saturated rings. The quantitative estimate of drug-likeness (QED) is 0.365. The fraction of sp³-hybridized carbons (Fsp3) is 0.120. The fourth-order valence-electron chi connectivity index (χ4n) is 3.78. The van der Waals surface area contributed by atoms with Gasteiger partial charge >= 0.3 is 0 Å². The Labute approximate surface area is 184 Å². The molecule has 0 spiro atoms. The van der Waals surface area contributed by atoms with Gasteiger partial charge in [-0.3, -0.25) is 14.5 Å². The zero-order valence-electron chi connectivity index (χ0n) is 17.4. The number of hydrogen-bond donors (Lipinski definition) is 1. The Hall–Kier alpha value is -4.13. The van der Waals surface area contributed by atoms with Gasteiger partial charge in [0.1, 0.15) is 23.1 Å². The van der Waals surface area contributed by atoms with Crippen LogP contribution in [0.15, 0.2) is 78.4 Å². The number of aliphatic hydroxyl groups is 1. The topological polar surface area (TPSA) is 76.1 Å². The summed E-state index contributed by atoms with van der Waals surface area (Å²) in [5.41, 5.74) is 0.480. The zero-order chi connectivity index (χ0) is 22.8. The summed E-state index contributed by atoms with van der Waals surface area (Å²) in [6.07, 6.45) is 0. The number of ketones is 1. The van der Waals surface area contributed by atoms with Gasteiger partial charge in [-0.25, -0.2) is 4.39 Å². The summed E-state index contributed by atoms with van der Waals surface area (Å²) < 4.78 is 25.3. The second kappa shape index (κ2) is 8.55. The minimum absolute atomic E-state index is 0.0824. The molecular weight excluding hydrogens is 413 g/mol. The van der Waals surface area contributed by atoms with E-state index in [0.29, 0.717) is 17.2 Å². The maximum atomic E-state index is 14.9. The van der Waals surface area contributed by atoms with Crippen molar-refractivity contribution in [3.8, 4) is 11.5 Å². The molecule has 1 aliphatic rings. The van der Waals surface area contributed by atoms with Crippen molar-refractivity contribution >= 4 is 23.1 Å². The SMILES string of the molecule is COc1cccc(/C(O)=C2\C(=O)C(=O)N(c3cccc(OC)c3)C2c2ccccc2F)c1. The molecule has 1 N–H and O–H groups in total. The van der Waals surface area contributed by atoms with Gasteiger partial charge in [0, 0.05) is 22.9 Å². The van der Waals surface area contributed by atoms with Crippen molar-refractivity contribution in [1.29, 1.82) is 0 Å². The second-order valence-electron chi connectivity index (χ2n) is 7.12. The largest absolute Gasteiger partial charge is 0.507 e. The number of nitrogens with zero attached hydrogens (tertiary/aromatic N) is 1. The van der Waals surface area contributed by atoms with E-state index >= 15 is 0 Å². The monoisotopic (exact) mass is 433 g/mol. The standard InChI is InChI=1S/C25H20FNO5/c1-31-17-9-5-7-15(13-17)23(28)21-22(19-11-3-4-12-20(19)26)27(25(30)24(21)29)16-8-6-10-18(14-16)32-2/h3-14,22,28H,1-2H3/b23-21+. The third-order valence-corrected chi connectivity index (χ3v) is 5.32. The highest BCUT2D eigenvalue weighted by atomic mass is 19.1. The number of amides is 1. The van der Waals surface area contributed by atoms with E-state index in [9.17, 15) is 19.1 Å². The van der Waals surface area contributed by atoms with Crippen molar-refractivity contribution in [3.05, 3.63) is 95.3 Å². The van der Waals surface area contributed by atoms with Crippen molar-refractivity contribution in [1.82, 2.24) is 0 Å². The molecular formula is C25H20FNO5. The third kappa shape index (κ3) is 3.58. The first-order valence-corrected chi connectivity index (χ1v) is 9.80. The smallest absolute Gasteiger partial charge is 0.300 e. The van der Waals surface area contributed by atoms with E-state index in [0.717, 1.165) is 0 Å². The number of methoxy groups -OCH3 is 2. The van der Waals surface area contributed by atoms with Gasteiger partial charge in [0.25, 0.3) is 11.7 Å². The number of carbonyl (C=O) groups is 2. The predicted octanol–water partition coefficient (Wildman–Crippen LogP) is 4.47. The van der Waals surface area contributed by atoms with Crippen LogP contribution in [0.2, 0.25) is 0 Å². The maximum Gasteiger partial charge on any atom is 0.300 e. The van der Waals surface area contributed by atoms with Gasteiger partial charge < -0.3 is 14.6 Å². The Morgan fingerprint density at radius 3 is 2.25 bits per heavy atom. The Morgan fingerprint density at radius 2 is 1.56 bits per heavy atom. The predicted molar refractivity (Wildman–Crippen MR) is 117 cm³/mol. The summed E-state index contributed by atoms with van der Waals surface area (Å²) >= 11 is 0. The molecule has 0 saturated carbocycles. The van der Waals surface area contributed by atoms with E-state index in [1.165, 1.54) is 43.4 Å². The minimum Gasteiger partial charge on any atom is -0.507 e. The maximum absolute atomic E-state index is 14.9. The number of Topliss-reactive ketones (excluding diaryl/α,β-unsaturated/α-hetero) is 1. The molecule has 0 bridgehead atoms. The van der Waals surface area contributed by atoms with Crippen LogP contribution in [0, 0.1) is 5.82 Å². The van der Waals surface area contributed by atoms with Crippen LogP contribution in [0.1, 0.15) is 17.2 Å². The van der Waals surface area contributed by atoms with Crippen molar-refractivity contribution < 1.29 is 28.6 Å². The van der Waals surface area contributed by atoms with E-state index < -0.39 is 29.3 Å². The van der Waals surface area contributed by atoms with Crippen LogP contribution in [0.5, 0.6) is 11.5 Å². The van der Waals surface area contributed by atoms with Gasteiger partial charge in [-0.15, -0.1) is 0 Å². The highest BCUT2D eigenvalue weighted by molar-refractivity contribution is 6.51. The number of halogens is 1. The number of carbonyl (C=O) groups excluding carboxylic acids is 2. The van der Waals surface area contributed by atoms with Gasteiger partial charge in [-0.05, 0) is 30.3 Å². The molecule has 3 aromatic carbocycles. The molecule has 1 atom stereocenters. The fourth-order valence-corrected chi connectivity index (χ4v) is 3.78. The van der Waals surface area contributed by atoms with Crippen LogP contribution >= 0.6 is 0 Å². The minimum atomic E-state index is -1.17. The van der Waals surface area contributed by atoms with Crippen LogP contribution in [0.3, 0.4) is 0 Å². The van der Waals surface area contributed by atoms with Crippen LogP contribution in [-0.4, -0.2) is 31.0 Å². The van der Waals surface area contributed by atoms with E-state index in [-0.39, 0.29) is 16.7 Å². The number of anilines is 1. The molecule has 0 aromatic heterocycles. The van der Waals surface area contributed by atoms with Crippen LogP contribution in [0.4, 0.5) is 10.1 Å². The van der Waals surface area contributed by atoms with Gasteiger partial charge in [0.05, 0.1) is 25.8 Å². The highest BCUT2D eigenvalue weighted by Crippen LogP contribution is 2.43. The Morgan fingerprint density at radius 1 is 0.906 bits per heavy atom. The Bertz CT molecular complexity index is 1240. The van der Waals surface area contributed by atoms with Crippen molar-refractivity contribution in [2.24, 2.45) is 0 Å². The number of rotatable bonds is 5. The number of aliphatic hydroxyl groups excluding tert-OH is 1. The lowest BCUT2D eigenvalue weighted by Gasteiger charge is -2.26. The number of ether oxygens (including phenoxy) is 2. The highest BCUT2D eigenvalue weighted by Gasteiger charge is 2.47. The molecule has 1 saturated heterocycles. The van der Waals surface area contributed by atoms with E-state index in [2.05, 4.69) is 0 Å². The first-order chi connectivity index (χ1) is 15.5. The molecule has 1 unspecified atom stereocenters. The van der Waals surface area contributed by atoms with Crippen molar-refractivity contribution in [3.63, 3.8) is 0 Å². The normalized spacial score (nSPS) is 17.5. The number of benzene rings is 3. The van der Waals surface area contributed by atoms with Crippen molar-refractivity contribution in [2.75, 3.05) is 19.1 Å². The molecule has 1 aliphatic heterocycles. The number of hydrogen-bond acceptors (Lipinski definition) is 5. The molecule has 1 amide bonds. The summed E-state index contributed by atoms with van der Waals surface area (Å²) in [7, 11) is 2.95. The second-order valence-corrected chi connectivity index (χ2v) is 7.12. The molecule has 6 nitrogen and oxygen atoms in total. The average molecular weight is 433 g/mol. The lowest BCUT2D eigenvalue weighted by Crippen LogP contribution is -2.29. The van der Waals surface area contributed by atoms with Gasteiger partial charge in [0.15, 0.2) is 0 Å². The Balaban J connectivity index is 1.97. The van der Waals surface area contributed by atoms with E-state index in [1.54, 1.807) is 48.5 Å². The average Bonchev–Trinajstić information content (AvgIpc) is 3.09. The molecule has 7 heteroatoms. The molecule has 0 radical (unpaired) electrons. The molecule has 162 valence electrons. The zero-order valence-corrected chi connectivity index (χ0v) is 17.4. The lowest BCUT2D eigenvalue weighted by molar-refractivity contribution is -0.132. The molecule has 4 rings (SSSR count). The first-order valence-electron chi connectivity index (χ1n) is 9.80. The van der Waals surface area contributed by atoms with Gasteiger partial charge in [0.2, 0.25) is 0 Å². The van der Waals surface area contributed by atoms with Gasteiger partial charge in [-0.2, -0.15) is 0 Å². The van der Waals surface area contributed by atoms with Crippen molar-refractivity contribution in [2.45, 2.75) is 6.04 Å². The third-order valence-electron chi connectivity index (χ3n) is 5.32. The first kappa shape index (κ1) is 21.1. The van der Waals surface area contributed by atoms with Crippen LogP contribution in [0.25, 0.3) is 5.76 Å². The summed E-state index contributed by atoms with van der Waals surface area (Å²) in [4.78, 5) is 27.4. The summed E-state index contributed by atoms with van der Waals surface area (Å²) in [6, 6.07) is 17.7. The summed E-state index contributed by atoms with van der Waals surface area (Å²) in [5, 5.41) is 11.1. The van der Waals surface area contributed by atoms with E-state index in [1.807, 2.05) is 0 Å². The molecule has 1 heterocycles. The molecule has 3 aromatic rings. The molecule has 32 heavy (non-hydrogen) atoms. The van der Waals surface area contributed by atoms with Crippen LogP contribution < -0.4 is 14.4 Å². The summed E-state index contributed by atoms with van der Waals surface area (Å²) in [6.45, 7) is 0. The van der Waals surface area contributed by atoms with Gasteiger partial charge in [-0.1, -0.05) is 36.4 Å².